The summed E-state index contributed by atoms with van der Waals surface area (Å²) in [5, 5.41) is 10.0. The zero-order chi connectivity index (χ0) is 18.1. The Balaban J connectivity index is 2.49. The molecule has 128 valence electrons. The summed E-state index contributed by atoms with van der Waals surface area (Å²) in [7, 11) is 0. The number of hydrogen-bond donors (Lipinski definition) is 4. The van der Waals surface area contributed by atoms with Crippen molar-refractivity contribution in [3.63, 3.8) is 0 Å². The Morgan fingerprint density at radius 2 is 1.00 bits per heavy atom. The van der Waals surface area contributed by atoms with E-state index in [0.717, 1.165) is 0 Å². The molecule has 8 heteroatoms. The van der Waals surface area contributed by atoms with Crippen molar-refractivity contribution in [1.29, 1.82) is 0 Å². The van der Waals surface area contributed by atoms with E-state index >= 15 is 0 Å². The molecular formula is C16H20N4O4. The van der Waals surface area contributed by atoms with Crippen LogP contribution in [0, 0.1) is 0 Å². The third-order valence-corrected chi connectivity index (χ3v) is 3.62. The number of amides is 4. The quantitative estimate of drug-likeness (QED) is 0.513. The molecule has 0 aromatic heterocycles. The van der Waals surface area contributed by atoms with Gasteiger partial charge in [-0.15, -0.1) is 0 Å². The van der Waals surface area contributed by atoms with Gasteiger partial charge in [-0.2, -0.15) is 0 Å². The summed E-state index contributed by atoms with van der Waals surface area (Å²) < 4.78 is 0. The van der Waals surface area contributed by atoms with Gasteiger partial charge in [0.1, 0.15) is 11.1 Å². The molecule has 0 spiro atoms. The number of nitrogens with one attached hydrogen (secondary N) is 4. The van der Waals surface area contributed by atoms with Crippen LogP contribution in [0.3, 0.4) is 0 Å². The number of anilines is 2. The van der Waals surface area contributed by atoms with Gasteiger partial charge in [0, 0.05) is 0 Å². The molecule has 1 aliphatic heterocycles. The Morgan fingerprint density at radius 1 is 0.667 bits per heavy atom. The normalized spacial score (nSPS) is 20.3. The van der Waals surface area contributed by atoms with Crippen LogP contribution in [0.4, 0.5) is 11.4 Å². The molecule has 0 bridgehead atoms. The zero-order valence-electron chi connectivity index (χ0n) is 13.9. The predicted octanol–water partition coefficient (Wildman–Crippen LogP) is 0.367. The number of fused-ring (bicyclic) bond motifs is 1. The summed E-state index contributed by atoms with van der Waals surface area (Å²) in [5.41, 5.74) is -1.87. The van der Waals surface area contributed by atoms with Crippen molar-refractivity contribution >= 4 is 35.0 Å². The molecule has 1 aliphatic rings. The lowest BCUT2D eigenvalue weighted by molar-refractivity contribution is -0.143. The van der Waals surface area contributed by atoms with E-state index in [4.69, 9.17) is 0 Å². The van der Waals surface area contributed by atoms with E-state index in [-0.39, 0.29) is 0 Å². The van der Waals surface area contributed by atoms with Crippen molar-refractivity contribution in [3.8, 4) is 0 Å². The number of para-hydroxylation sites is 2. The molecule has 0 saturated heterocycles. The monoisotopic (exact) mass is 332 g/mol. The summed E-state index contributed by atoms with van der Waals surface area (Å²) in [6.07, 6.45) is 0. The SMILES string of the molecule is CC1(C)NC(=O)C(=O)NC(C)(C)C(=O)Nc2ccccc2NC1=O. The molecule has 2 rings (SSSR count). The fourth-order valence-corrected chi connectivity index (χ4v) is 2.05. The lowest BCUT2D eigenvalue weighted by atomic mass is 10.0. The molecule has 24 heavy (non-hydrogen) atoms. The number of rotatable bonds is 0. The highest BCUT2D eigenvalue weighted by Gasteiger charge is 2.37. The molecule has 4 amide bonds. The van der Waals surface area contributed by atoms with Gasteiger partial charge in [0.25, 0.3) is 0 Å². The Bertz CT molecular complexity index is 664. The number of hydrogen-bond acceptors (Lipinski definition) is 4. The van der Waals surface area contributed by atoms with Gasteiger partial charge in [0.15, 0.2) is 0 Å². The van der Waals surface area contributed by atoms with Crippen molar-refractivity contribution in [1.82, 2.24) is 10.6 Å². The lowest BCUT2D eigenvalue weighted by Gasteiger charge is -2.29. The van der Waals surface area contributed by atoms with E-state index in [1.54, 1.807) is 24.3 Å². The molecule has 1 aromatic carbocycles. The lowest BCUT2D eigenvalue weighted by Crippen LogP contribution is -2.60. The molecule has 0 unspecified atom stereocenters. The van der Waals surface area contributed by atoms with Crippen LogP contribution >= 0.6 is 0 Å². The molecule has 4 N–H and O–H groups in total. The van der Waals surface area contributed by atoms with Crippen molar-refractivity contribution in [2.75, 3.05) is 10.6 Å². The fourth-order valence-electron chi connectivity index (χ4n) is 2.05. The first-order chi connectivity index (χ1) is 11.0. The second kappa shape index (κ2) is 5.95. The Labute approximate surface area is 139 Å². The summed E-state index contributed by atoms with van der Waals surface area (Å²) in [4.78, 5) is 48.8. The average molecular weight is 332 g/mol. The first-order valence-electron chi connectivity index (χ1n) is 7.39. The van der Waals surface area contributed by atoms with E-state index in [9.17, 15) is 19.2 Å². The first kappa shape index (κ1) is 17.5. The maximum atomic E-state index is 12.4. The molecule has 8 nitrogen and oxygen atoms in total. The molecule has 0 radical (unpaired) electrons. The van der Waals surface area contributed by atoms with Gasteiger partial charge in [-0.05, 0) is 39.8 Å². The van der Waals surface area contributed by atoms with E-state index < -0.39 is 34.7 Å². The molecule has 0 atom stereocenters. The van der Waals surface area contributed by atoms with Crippen LogP contribution < -0.4 is 21.3 Å². The van der Waals surface area contributed by atoms with Crippen LogP contribution in [-0.2, 0) is 19.2 Å². The van der Waals surface area contributed by atoms with E-state index in [1.165, 1.54) is 27.7 Å². The van der Waals surface area contributed by atoms with Gasteiger partial charge in [-0.1, -0.05) is 12.1 Å². The predicted molar refractivity (Wildman–Crippen MR) is 88.1 cm³/mol. The maximum absolute atomic E-state index is 12.4. The second-order valence-corrected chi connectivity index (χ2v) is 6.61. The average Bonchev–Trinajstić information content (AvgIpc) is 2.47. The highest BCUT2D eigenvalue weighted by Crippen LogP contribution is 2.23. The van der Waals surface area contributed by atoms with Gasteiger partial charge in [0.2, 0.25) is 11.8 Å². The minimum absolute atomic E-state index is 0.390. The molecular weight excluding hydrogens is 312 g/mol. The van der Waals surface area contributed by atoms with Crippen molar-refractivity contribution in [2.24, 2.45) is 0 Å². The third kappa shape index (κ3) is 3.53. The van der Waals surface area contributed by atoms with Crippen molar-refractivity contribution in [3.05, 3.63) is 24.3 Å². The van der Waals surface area contributed by atoms with E-state index in [0.29, 0.717) is 11.4 Å². The molecule has 0 saturated carbocycles. The van der Waals surface area contributed by atoms with Gasteiger partial charge in [-0.25, -0.2) is 0 Å². The van der Waals surface area contributed by atoms with Gasteiger partial charge >= 0.3 is 11.8 Å². The smallest absolute Gasteiger partial charge is 0.310 e. The highest BCUT2D eigenvalue weighted by atomic mass is 16.2. The number of benzene rings is 1. The largest absolute Gasteiger partial charge is 0.334 e. The third-order valence-electron chi connectivity index (χ3n) is 3.62. The topological polar surface area (TPSA) is 116 Å². The fraction of sp³-hybridized carbons (Fsp3) is 0.375. The summed E-state index contributed by atoms with van der Waals surface area (Å²) in [5.74, 6) is -3.04. The van der Waals surface area contributed by atoms with Crippen LogP contribution in [0.25, 0.3) is 0 Å². The molecule has 1 heterocycles. The van der Waals surface area contributed by atoms with Crippen LogP contribution in [-0.4, -0.2) is 34.7 Å². The standard InChI is InChI=1S/C16H20N4O4/c1-15(2)13(23)17-9-7-5-6-8-10(9)18-14(24)16(3,4)20-12(22)11(21)19-15/h5-8H,1-4H3,(H,17,23)(H,18,24)(H,19,21)(H,20,22). The Morgan fingerprint density at radius 3 is 1.33 bits per heavy atom. The minimum Gasteiger partial charge on any atom is -0.334 e. The summed E-state index contributed by atoms with van der Waals surface area (Å²) in [6, 6.07) is 6.66. The maximum Gasteiger partial charge on any atom is 0.310 e. The minimum atomic E-state index is -1.32. The molecule has 0 fully saturated rings. The van der Waals surface area contributed by atoms with Crippen LogP contribution in [0.2, 0.25) is 0 Å². The second-order valence-electron chi connectivity index (χ2n) is 6.61. The number of carbonyl (C=O) groups is 4. The van der Waals surface area contributed by atoms with Gasteiger partial charge in [-0.3, -0.25) is 19.2 Å². The van der Waals surface area contributed by atoms with Crippen LogP contribution in [0.5, 0.6) is 0 Å². The van der Waals surface area contributed by atoms with Crippen LogP contribution in [0.15, 0.2) is 24.3 Å². The van der Waals surface area contributed by atoms with Crippen molar-refractivity contribution in [2.45, 2.75) is 38.8 Å². The zero-order valence-corrected chi connectivity index (χ0v) is 13.9. The number of carbonyl (C=O) groups excluding carboxylic acids is 4. The summed E-state index contributed by atoms with van der Waals surface area (Å²) >= 11 is 0. The molecule has 1 aromatic rings. The van der Waals surface area contributed by atoms with E-state index in [1.807, 2.05) is 0 Å². The van der Waals surface area contributed by atoms with Crippen molar-refractivity contribution < 1.29 is 19.2 Å². The van der Waals surface area contributed by atoms with Gasteiger partial charge < -0.3 is 21.3 Å². The molecule has 0 aliphatic carbocycles. The van der Waals surface area contributed by atoms with E-state index in [2.05, 4.69) is 21.3 Å². The summed E-state index contributed by atoms with van der Waals surface area (Å²) in [6.45, 7) is 5.91. The first-order valence-corrected chi connectivity index (χ1v) is 7.39. The van der Waals surface area contributed by atoms with Crippen LogP contribution in [0.1, 0.15) is 27.7 Å². The Kier molecular flexibility index (Phi) is 4.33. The Hall–Kier alpha value is -2.90. The highest BCUT2D eigenvalue weighted by molar-refractivity contribution is 6.36. The van der Waals surface area contributed by atoms with Gasteiger partial charge in [0.05, 0.1) is 11.4 Å².